The molecule has 0 aromatic heterocycles. The highest BCUT2D eigenvalue weighted by atomic mass is 14.5. The van der Waals surface area contributed by atoms with Crippen molar-refractivity contribution < 1.29 is 0 Å². The first kappa shape index (κ1) is 5.83. The standard InChI is InChI=1S/C7H13N/c8-6-2-1-3-7-4-5-7/h1-2,7H,3-6,8H2/b2-1-. The summed E-state index contributed by atoms with van der Waals surface area (Å²) in [5, 5.41) is 0. The van der Waals surface area contributed by atoms with Gasteiger partial charge in [0, 0.05) is 6.54 Å². The van der Waals surface area contributed by atoms with Crippen molar-refractivity contribution in [2.45, 2.75) is 19.3 Å². The second kappa shape index (κ2) is 2.88. The minimum atomic E-state index is 0.701. The van der Waals surface area contributed by atoms with Crippen LogP contribution in [0.5, 0.6) is 0 Å². The molecule has 0 aromatic carbocycles. The molecule has 0 heterocycles. The predicted molar refractivity (Wildman–Crippen MR) is 35.5 cm³/mol. The van der Waals surface area contributed by atoms with Gasteiger partial charge in [0.2, 0.25) is 0 Å². The molecule has 0 amide bonds. The minimum Gasteiger partial charge on any atom is -0.327 e. The summed E-state index contributed by atoms with van der Waals surface area (Å²) < 4.78 is 0. The van der Waals surface area contributed by atoms with Gasteiger partial charge in [-0.2, -0.15) is 0 Å². The lowest BCUT2D eigenvalue weighted by atomic mass is 10.3. The Bertz CT molecular complexity index is 82.4. The lowest BCUT2D eigenvalue weighted by Gasteiger charge is -1.82. The summed E-state index contributed by atoms with van der Waals surface area (Å²) >= 11 is 0. The van der Waals surface area contributed by atoms with Crippen molar-refractivity contribution in [1.82, 2.24) is 0 Å². The molecular weight excluding hydrogens is 98.1 g/mol. The lowest BCUT2D eigenvalue weighted by Crippen LogP contribution is -1.91. The van der Waals surface area contributed by atoms with Gasteiger partial charge >= 0.3 is 0 Å². The van der Waals surface area contributed by atoms with Gasteiger partial charge in [-0.15, -0.1) is 0 Å². The Kier molecular flexibility index (Phi) is 2.10. The molecule has 0 radical (unpaired) electrons. The van der Waals surface area contributed by atoms with Gasteiger partial charge in [-0.05, 0) is 25.2 Å². The minimum absolute atomic E-state index is 0.701. The van der Waals surface area contributed by atoms with Crippen LogP contribution in [-0.2, 0) is 0 Å². The second-order valence-corrected chi connectivity index (χ2v) is 2.39. The van der Waals surface area contributed by atoms with Crippen LogP contribution in [0.25, 0.3) is 0 Å². The van der Waals surface area contributed by atoms with Gasteiger partial charge in [-0.1, -0.05) is 12.2 Å². The Morgan fingerprint density at radius 3 is 2.62 bits per heavy atom. The Morgan fingerprint density at radius 1 is 1.38 bits per heavy atom. The molecule has 1 saturated carbocycles. The molecule has 1 heteroatoms. The predicted octanol–water partition coefficient (Wildman–Crippen LogP) is 1.30. The van der Waals surface area contributed by atoms with Gasteiger partial charge in [-0.25, -0.2) is 0 Å². The number of hydrogen-bond acceptors (Lipinski definition) is 1. The van der Waals surface area contributed by atoms with E-state index in [1.54, 1.807) is 0 Å². The van der Waals surface area contributed by atoms with Crippen molar-refractivity contribution in [3.05, 3.63) is 12.2 Å². The first-order valence-corrected chi connectivity index (χ1v) is 3.28. The zero-order valence-corrected chi connectivity index (χ0v) is 5.14. The molecular formula is C7H13N. The van der Waals surface area contributed by atoms with Gasteiger partial charge in [-0.3, -0.25) is 0 Å². The Morgan fingerprint density at radius 2 is 2.12 bits per heavy atom. The maximum absolute atomic E-state index is 5.25. The molecule has 0 unspecified atom stereocenters. The third-order valence-electron chi connectivity index (χ3n) is 1.47. The fourth-order valence-corrected chi connectivity index (χ4v) is 0.738. The third kappa shape index (κ3) is 2.12. The number of nitrogens with two attached hydrogens (primary N) is 1. The topological polar surface area (TPSA) is 26.0 Å². The van der Waals surface area contributed by atoms with Crippen LogP contribution in [0, 0.1) is 5.92 Å². The van der Waals surface area contributed by atoms with E-state index in [9.17, 15) is 0 Å². The molecule has 0 aromatic rings. The molecule has 1 fully saturated rings. The van der Waals surface area contributed by atoms with Crippen LogP contribution in [0.3, 0.4) is 0 Å². The van der Waals surface area contributed by atoms with Crippen molar-refractivity contribution in [2.75, 3.05) is 6.54 Å². The van der Waals surface area contributed by atoms with Crippen molar-refractivity contribution in [3.8, 4) is 0 Å². The van der Waals surface area contributed by atoms with Gasteiger partial charge in [0.05, 0.1) is 0 Å². The zero-order valence-electron chi connectivity index (χ0n) is 5.14. The number of hydrogen-bond donors (Lipinski definition) is 1. The summed E-state index contributed by atoms with van der Waals surface area (Å²) in [5.41, 5.74) is 5.25. The summed E-state index contributed by atoms with van der Waals surface area (Å²) in [6.07, 6.45) is 8.37. The average molecular weight is 111 g/mol. The molecule has 0 aliphatic heterocycles. The normalized spacial score (nSPS) is 20.1. The molecule has 0 spiro atoms. The molecule has 0 saturated heterocycles. The molecule has 8 heavy (non-hydrogen) atoms. The fourth-order valence-electron chi connectivity index (χ4n) is 0.738. The lowest BCUT2D eigenvalue weighted by molar-refractivity contribution is 0.860. The van der Waals surface area contributed by atoms with E-state index in [2.05, 4.69) is 6.08 Å². The van der Waals surface area contributed by atoms with E-state index in [1.807, 2.05) is 6.08 Å². The van der Waals surface area contributed by atoms with Crippen LogP contribution in [-0.4, -0.2) is 6.54 Å². The highest BCUT2D eigenvalue weighted by Crippen LogP contribution is 2.32. The van der Waals surface area contributed by atoms with Crippen molar-refractivity contribution in [2.24, 2.45) is 11.7 Å². The molecule has 46 valence electrons. The average Bonchev–Trinajstić information content (AvgIpc) is 2.51. The van der Waals surface area contributed by atoms with Crippen LogP contribution in [0.1, 0.15) is 19.3 Å². The van der Waals surface area contributed by atoms with E-state index in [4.69, 9.17) is 5.73 Å². The van der Waals surface area contributed by atoms with E-state index < -0.39 is 0 Å². The third-order valence-corrected chi connectivity index (χ3v) is 1.47. The summed E-state index contributed by atoms with van der Waals surface area (Å²) in [5.74, 6) is 1.01. The van der Waals surface area contributed by atoms with Gasteiger partial charge in [0.1, 0.15) is 0 Å². The highest BCUT2D eigenvalue weighted by Gasteiger charge is 2.18. The molecule has 1 aliphatic rings. The zero-order chi connectivity index (χ0) is 5.82. The Hall–Kier alpha value is -0.300. The van der Waals surface area contributed by atoms with E-state index in [1.165, 1.54) is 19.3 Å². The van der Waals surface area contributed by atoms with E-state index >= 15 is 0 Å². The van der Waals surface area contributed by atoms with Crippen LogP contribution in [0.4, 0.5) is 0 Å². The molecule has 1 aliphatic carbocycles. The summed E-state index contributed by atoms with van der Waals surface area (Å²) in [6, 6.07) is 0. The van der Waals surface area contributed by atoms with Crippen LogP contribution in [0.15, 0.2) is 12.2 Å². The Labute approximate surface area is 50.6 Å². The number of rotatable bonds is 3. The first-order valence-electron chi connectivity index (χ1n) is 3.28. The quantitative estimate of drug-likeness (QED) is 0.546. The summed E-state index contributed by atoms with van der Waals surface area (Å²) in [7, 11) is 0. The second-order valence-electron chi connectivity index (χ2n) is 2.39. The van der Waals surface area contributed by atoms with E-state index in [-0.39, 0.29) is 0 Å². The maximum atomic E-state index is 5.25. The molecule has 0 atom stereocenters. The Balaban J connectivity index is 1.93. The first-order chi connectivity index (χ1) is 3.93. The van der Waals surface area contributed by atoms with Crippen molar-refractivity contribution in [1.29, 1.82) is 0 Å². The SMILES string of the molecule is NC/C=C\CC1CC1. The molecule has 2 N–H and O–H groups in total. The molecule has 1 nitrogen and oxygen atoms in total. The van der Waals surface area contributed by atoms with Crippen LogP contribution >= 0.6 is 0 Å². The van der Waals surface area contributed by atoms with Crippen LogP contribution in [0.2, 0.25) is 0 Å². The van der Waals surface area contributed by atoms with Gasteiger partial charge in [0.15, 0.2) is 0 Å². The van der Waals surface area contributed by atoms with Crippen LogP contribution < -0.4 is 5.73 Å². The smallest absolute Gasteiger partial charge is 0.0106 e. The fraction of sp³-hybridized carbons (Fsp3) is 0.714. The van der Waals surface area contributed by atoms with Gasteiger partial charge < -0.3 is 5.73 Å². The van der Waals surface area contributed by atoms with Crippen molar-refractivity contribution >= 4 is 0 Å². The van der Waals surface area contributed by atoms with Gasteiger partial charge in [0.25, 0.3) is 0 Å². The maximum Gasteiger partial charge on any atom is 0.0106 e. The largest absolute Gasteiger partial charge is 0.327 e. The van der Waals surface area contributed by atoms with E-state index in [0.717, 1.165) is 5.92 Å². The summed E-state index contributed by atoms with van der Waals surface area (Å²) in [4.78, 5) is 0. The summed E-state index contributed by atoms with van der Waals surface area (Å²) in [6.45, 7) is 0.701. The monoisotopic (exact) mass is 111 g/mol. The highest BCUT2D eigenvalue weighted by molar-refractivity contribution is 4.88. The molecule has 1 rings (SSSR count). The van der Waals surface area contributed by atoms with E-state index in [0.29, 0.717) is 6.54 Å². The molecule has 0 bridgehead atoms. The van der Waals surface area contributed by atoms with Crippen molar-refractivity contribution in [3.63, 3.8) is 0 Å². The number of allylic oxidation sites excluding steroid dienone is 1.